The third-order valence-corrected chi connectivity index (χ3v) is 4.55. The van der Waals surface area contributed by atoms with Crippen LogP contribution in [0.25, 0.3) is 0 Å². The van der Waals surface area contributed by atoms with Gasteiger partial charge >= 0.3 is 0 Å². The SMILES string of the molecule is CCCCCCCCCCCCCCCC=CC1=NCCCO1. The van der Waals surface area contributed by atoms with Crippen LogP contribution in [0.3, 0.4) is 0 Å². The van der Waals surface area contributed by atoms with Gasteiger partial charge in [0.05, 0.1) is 6.61 Å². The number of unbranched alkanes of at least 4 members (excludes halogenated alkanes) is 13. The van der Waals surface area contributed by atoms with Crippen molar-refractivity contribution in [2.24, 2.45) is 4.99 Å². The molecule has 0 unspecified atom stereocenters. The molecule has 0 amide bonds. The van der Waals surface area contributed by atoms with Gasteiger partial charge in [-0.15, -0.1) is 0 Å². The van der Waals surface area contributed by atoms with Gasteiger partial charge in [-0.3, -0.25) is 4.99 Å². The third kappa shape index (κ3) is 13.4. The molecule has 0 fully saturated rings. The number of allylic oxidation sites excluding steroid dienone is 1. The Kier molecular flexibility index (Phi) is 14.2. The summed E-state index contributed by atoms with van der Waals surface area (Å²) in [7, 11) is 0. The number of aliphatic imine (C=N–C) groups is 1. The minimum absolute atomic E-state index is 0.835. The van der Waals surface area contributed by atoms with Gasteiger partial charge in [0.2, 0.25) is 5.90 Å². The van der Waals surface area contributed by atoms with Crippen LogP contribution in [0.1, 0.15) is 103 Å². The van der Waals surface area contributed by atoms with Crippen LogP contribution in [0.15, 0.2) is 17.1 Å². The molecule has 23 heavy (non-hydrogen) atoms. The Morgan fingerprint density at radius 2 is 1.39 bits per heavy atom. The fourth-order valence-corrected chi connectivity index (χ4v) is 3.04. The second-order valence-corrected chi connectivity index (χ2v) is 6.86. The van der Waals surface area contributed by atoms with Crippen molar-refractivity contribution in [2.75, 3.05) is 13.2 Å². The van der Waals surface area contributed by atoms with Gasteiger partial charge in [-0.2, -0.15) is 0 Å². The van der Waals surface area contributed by atoms with E-state index in [4.69, 9.17) is 4.74 Å². The van der Waals surface area contributed by atoms with Crippen molar-refractivity contribution in [1.82, 2.24) is 0 Å². The highest BCUT2D eigenvalue weighted by Crippen LogP contribution is 2.13. The fraction of sp³-hybridized carbons (Fsp3) is 0.857. The summed E-state index contributed by atoms with van der Waals surface area (Å²) in [4.78, 5) is 4.34. The van der Waals surface area contributed by atoms with Gasteiger partial charge in [0, 0.05) is 13.0 Å². The van der Waals surface area contributed by atoms with E-state index in [-0.39, 0.29) is 0 Å². The largest absolute Gasteiger partial charge is 0.478 e. The molecule has 2 heteroatoms. The zero-order valence-corrected chi connectivity index (χ0v) is 15.5. The zero-order chi connectivity index (χ0) is 16.4. The lowest BCUT2D eigenvalue weighted by Gasteiger charge is -2.09. The lowest BCUT2D eigenvalue weighted by molar-refractivity contribution is 0.285. The second-order valence-electron chi connectivity index (χ2n) is 6.86. The van der Waals surface area contributed by atoms with Crippen LogP contribution in [0, 0.1) is 0 Å². The molecule has 0 saturated carbocycles. The van der Waals surface area contributed by atoms with Gasteiger partial charge in [0.25, 0.3) is 0 Å². The number of nitrogens with zero attached hydrogens (tertiary/aromatic N) is 1. The summed E-state index contributed by atoms with van der Waals surface area (Å²) in [5.74, 6) is 0.839. The quantitative estimate of drug-likeness (QED) is 0.302. The Morgan fingerprint density at radius 3 is 1.91 bits per heavy atom. The predicted octanol–water partition coefficient (Wildman–Crippen LogP) is 6.84. The molecule has 1 rings (SSSR count). The van der Waals surface area contributed by atoms with Crippen molar-refractivity contribution >= 4 is 5.90 Å². The molecule has 0 aromatic carbocycles. The Balaban J connectivity index is 1.74. The molecule has 0 bridgehead atoms. The molecule has 2 nitrogen and oxygen atoms in total. The molecule has 0 atom stereocenters. The average molecular weight is 322 g/mol. The molecule has 0 aliphatic carbocycles. The van der Waals surface area contributed by atoms with E-state index in [1.807, 2.05) is 0 Å². The summed E-state index contributed by atoms with van der Waals surface area (Å²) >= 11 is 0. The number of hydrogen-bond acceptors (Lipinski definition) is 2. The third-order valence-electron chi connectivity index (χ3n) is 4.55. The average Bonchev–Trinajstić information content (AvgIpc) is 2.59. The van der Waals surface area contributed by atoms with Crippen molar-refractivity contribution in [3.8, 4) is 0 Å². The van der Waals surface area contributed by atoms with E-state index in [1.165, 1.54) is 89.9 Å². The van der Waals surface area contributed by atoms with Gasteiger partial charge in [0.15, 0.2) is 0 Å². The summed E-state index contributed by atoms with van der Waals surface area (Å²) in [6.45, 7) is 4.05. The standard InChI is InChI=1S/C21H39NO/c1-2-3-4-5-6-7-8-9-10-11-12-13-14-15-16-18-21-22-19-17-20-23-21/h16,18H,2-15,17,19-20H2,1H3. The van der Waals surface area contributed by atoms with E-state index in [1.54, 1.807) is 0 Å². The normalized spacial score (nSPS) is 14.9. The van der Waals surface area contributed by atoms with Gasteiger partial charge in [-0.05, 0) is 18.9 Å². The molecule has 0 radical (unpaired) electrons. The number of rotatable bonds is 15. The molecular weight excluding hydrogens is 282 g/mol. The van der Waals surface area contributed by atoms with Crippen LogP contribution < -0.4 is 0 Å². The minimum Gasteiger partial charge on any atom is -0.478 e. The highest BCUT2D eigenvalue weighted by Gasteiger charge is 2.00. The molecule has 0 spiro atoms. The molecule has 0 aromatic rings. The molecular formula is C21H39NO. The zero-order valence-electron chi connectivity index (χ0n) is 15.5. The van der Waals surface area contributed by atoms with E-state index < -0.39 is 0 Å². The van der Waals surface area contributed by atoms with E-state index >= 15 is 0 Å². The van der Waals surface area contributed by atoms with Crippen LogP contribution in [-0.4, -0.2) is 19.0 Å². The Morgan fingerprint density at radius 1 is 0.826 bits per heavy atom. The second kappa shape index (κ2) is 16.1. The Labute approximate surface area is 144 Å². The van der Waals surface area contributed by atoms with Gasteiger partial charge < -0.3 is 4.74 Å². The first-order chi connectivity index (χ1) is 11.4. The number of hydrogen-bond donors (Lipinski definition) is 0. The predicted molar refractivity (Wildman–Crippen MR) is 102 cm³/mol. The molecule has 0 N–H and O–H groups in total. The van der Waals surface area contributed by atoms with Crippen molar-refractivity contribution < 1.29 is 4.74 Å². The monoisotopic (exact) mass is 321 g/mol. The lowest BCUT2D eigenvalue weighted by atomic mass is 10.0. The van der Waals surface area contributed by atoms with Gasteiger partial charge in [0.1, 0.15) is 0 Å². The molecule has 134 valence electrons. The summed E-state index contributed by atoms with van der Waals surface area (Å²) in [6.07, 6.45) is 25.0. The summed E-state index contributed by atoms with van der Waals surface area (Å²) in [5.41, 5.74) is 0. The van der Waals surface area contributed by atoms with Crippen molar-refractivity contribution in [1.29, 1.82) is 0 Å². The topological polar surface area (TPSA) is 21.6 Å². The van der Waals surface area contributed by atoms with Gasteiger partial charge in [-0.1, -0.05) is 90.0 Å². The summed E-state index contributed by atoms with van der Waals surface area (Å²) in [5, 5.41) is 0. The number of ether oxygens (including phenoxy) is 1. The first kappa shape index (κ1) is 20.3. The summed E-state index contributed by atoms with van der Waals surface area (Å²) < 4.78 is 5.46. The first-order valence-corrected chi connectivity index (χ1v) is 10.3. The van der Waals surface area contributed by atoms with Crippen LogP contribution in [0.2, 0.25) is 0 Å². The maximum absolute atomic E-state index is 5.46. The lowest BCUT2D eigenvalue weighted by Crippen LogP contribution is -2.10. The smallest absolute Gasteiger partial charge is 0.208 e. The van der Waals surface area contributed by atoms with Crippen LogP contribution in [0.4, 0.5) is 0 Å². The molecule has 1 heterocycles. The van der Waals surface area contributed by atoms with E-state index in [9.17, 15) is 0 Å². The first-order valence-electron chi connectivity index (χ1n) is 10.3. The molecule has 1 aliphatic rings. The highest BCUT2D eigenvalue weighted by molar-refractivity contribution is 5.87. The van der Waals surface area contributed by atoms with E-state index in [0.717, 1.165) is 25.5 Å². The molecule has 0 aromatic heterocycles. The van der Waals surface area contributed by atoms with E-state index in [2.05, 4.69) is 24.1 Å². The van der Waals surface area contributed by atoms with Crippen LogP contribution >= 0.6 is 0 Å². The van der Waals surface area contributed by atoms with Gasteiger partial charge in [-0.25, -0.2) is 0 Å². The fourth-order valence-electron chi connectivity index (χ4n) is 3.04. The van der Waals surface area contributed by atoms with Crippen molar-refractivity contribution in [3.05, 3.63) is 12.2 Å². The van der Waals surface area contributed by atoms with Crippen LogP contribution in [-0.2, 0) is 4.74 Å². The van der Waals surface area contributed by atoms with Crippen molar-refractivity contribution in [2.45, 2.75) is 103 Å². The Hall–Kier alpha value is -0.790. The summed E-state index contributed by atoms with van der Waals surface area (Å²) in [6, 6.07) is 0. The van der Waals surface area contributed by atoms with Crippen LogP contribution in [0.5, 0.6) is 0 Å². The maximum Gasteiger partial charge on any atom is 0.208 e. The molecule has 1 aliphatic heterocycles. The van der Waals surface area contributed by atoms with E-state index in [0.29, 0.717) is 0 Å². The minimum atomic E-state index is 0.835. The molecule has 0 saturated heterocycles. The maximum atomic E-state index is 5.46. The van der Waals surface area contributed by atoms with Crippen molar-refractivity contribution in [3.63, 3.8) is 0 Å². The Bertz CT molecular complexity index is 309. The highest BCUT2D eigenvalue weighted by atomic mass is 16.5.